The highest BCUT2D eigenvalue weighted by molar-refractivity contribution is 5.65. The molecule has 5 saturated carbocycles. The Morgan fingerprint density at radius 1 is 0.826 bits per heavy atom. The van der Waals surface area contributed by atoms with Gasteiger partial charge in [0, 0.05) is 12.3 Å². The average Bonchev–Trinajstić information content (AvgIpc) is 3.38. The van der Waals surface area contributed by atoms with Gasteiger partial charge in [-0.15, -0.1) is 0 Å². The maximum Gasteiger partial charge on any atom is 0.302 e. The van der Waals surface area contributed by atoms with Crippen LogP contribution in [0.15, 0.2) is 12.2 Å². The lowest BCUT2D eigenvalue weighted by atomic mass is 9.32. The standard InChI is InChI=1S/C38H62O8/c1-21(2)23-11-16-38(20-44-22(3)40)18-17-36(7)24(29(23)38)9-10-27-35(6)14-13-28(34(4,5)26(35)12-15-37(27,36)8)46-33-32(43)31(42)30(41)25(19-39)45-33/h23-33,39,41-43H,1,9-20H2,2-8H3/t23-,24+,25+,26-,27?,28+,29+,30-,31-,32+,33-,35-,36+,37+,38+/m0/s1. The molecule has 0 aromatic heterocycles. The van der Waals surface area contributed by atoms with Gasteiger partial charge in [-0.1, -0.05) is 46.8 Å². The van der Waals surface area contributed by atoms with Crippen LogP contribution >= 0.6 is 0 Å². The average molecular weight is 647 g/mol. The van der Waals surface area contributed by atoms with Crippen LogP contribution in [0.5, 0.6) is 0 Å². The molecule has 1 saturated heterocycles. The number of hydrogen-bond donors (Lipinski definition) is 4. The number of hydrogen-bond acceptors (Lipinski definition) is 8. The zero-order valence-electron chi connectivity index (χ0n) is 29.5. The lowest BCUT2D eigenvalue weighted by Gasteiger charge is -2.73. The van der Waals surface area contributed by atoms with Gasteiger partial charge in [0.15, 0.2) is 6.29 Å². The highest BCUT2D eigenvalue weighted by Gasteiger charge is 2.71. The fourth-order valence-electron chi connectivity index (χ4n) is 13.3. The van der Waals surface area contributed by atoms with Crippen molar-refractivity contribution in [1.82, 2.24) is 0 Å². The summed E-state index contributed by atoms with van der Waals surface area (Å²) in [6, 6.07) is 0. The lowest BCUT2D eigenvalue weighted by molar-refractivity contribution is -0.332. The Kier molecular flexibility index (Phi) is 8.93. The molecule has 46 heavy (non-hydrogen) atoms. The van der Waals surface area contributed by atoms with Crippen LogP contribution in [0, 0.1) is 56.7 Å². The van der Waals surface area contributed by atoms with E-state index in [-0.39, 0.29) is 39.1 Å². The van der Waals surface area contributed by atoms with Crippen molar-refractivity contribution >= 4 is 5.97 Å². The Hall–Kier alpha value is -1.03. The molecule has 262 valence electrons. The SMILES string of the molecule is C=C(C)[C@@H]1CC[C@]2(COC(C)=O)CC[C@]3(C)[C@H](CCC4[C@@]5(C)CC[C@@H](O[C@@H]6O[C@H](CO)[C@H](O)[C@H](O)[C@H]6O)C(C)(C)[C@@H]5CC[C@]43C)[C@@H]12. The summed E-state index contributed by atoms with van der Waals surface area (Å²) in [6.07, 6.45) is 4.65. The van der Waals surface area contributed by atoms with Gasteiger partial charge in [-0.2, -0.15) is 0 Å². The first-order chi connectivity index (χ1) is 21.5. The molecule has 4 N–H and O–H groups in total. The molecule has 15 atom stereocenters. The summed E-state index contributed by atoms with van der Waals surface area (Å²) in [5.74, 6) is 2.41. The number of carbonyl (C=O) groups excluding carboxylic acids is 1. The van der Waals surface area contributed by atoms with Crippen LogP contribution in [0.2, 0.25) is 0 Å². The topological polar surface area (TPSA) is 126 Å². The van der Waals surface area contributed by atoms with E-state index in [0.29, 0.717) is 36.2 Å². The van der Waals surface area contributed by atoms with E-state index >= 15 is 0 Å². The Labute approximate surface area is 276 Å². The molecule has 6 fully saturated rings. The molecule has 6 rings (SSSR count). The first kappa shape index (κ1) is 34.8. The molecule has 0 amide bonds. The van der Waals surface area contributed by atoms with Gasteiger partial charge < -0.3 is 34.6 Å². The van der Waals surface area contributed by atoms with Crippen molar-refractivity contribution in [2.45, 2.75) is 149 Å². The quantitative estimate of drug-likeness (QED) is 0.172. The molecule has 1 heterocycles. The summed E-state index contributed by atoms with van der Waals surface area (Å²) < 4.78 is 18.1. The number of allylic oxidation sites excluding steroid dienone is 1. The van der Waals surface area contributed by atoms with Gasteiger partial charge in [0.25, 0.3) is 0 Å². The Balaban J connectivity index is 1.26. The third-order valence-corrected chi connectivity index (χ3v) is 15.9. The summed E-state index contributed by atoms with van der Waals surface area (Å²) in [5, 5.41) is 41.2. The molecule has 0 aromatic carbocycles. The van der Waals surface area contributed by atoms with Crippen LogP contribution in [-0.2, 0) is 19.0 Å². The number of esters is 1. The van der Waals surface area contributed by atoms with Crippen LogP contribution in [-0.4, -0.2) is 76.4 Å². The van der Waals surface area contributed by atoms with E-state index in [1.54, 1.807) is 6.92 Å². The van der Waals surface area contributed by atoms with Crippen molar-refractivity contribution < 1.29 is 39.4 Å². The van der Waals surface area contributed by atoms with Gasteiger partial charge in [0.05, 0.1) is 19.3 Å². The minimum absolute atomic E-state index is 0.0611. The zero-order valence-corrected chi connectivity index (χ0v) is 29.5. The third kappa shape index (κ3) is 4.93. The molecular weight excluding hydrogens is 584 g/mol. The summed E-state index contributed by atoms with van der Waals surface area (Å²) in [7, 11) is 0. The Bertz CT molecular complexity index is 1190. The Morgan fingerprint density at radius 2 is 1.54 bits per heavy atom. The van der Waals surface area contributed by atoms with E-state index in [9.17, 15) is 25.2 Å². The lowest BCUT2D eigenvalue weighted by Crippen LogP contribution is -2.67. The Morgan fingerprint density at radius 3 is 2.20 bits per heavy atom. The van der Waals surface area contributed by atoms with Gasteiger partial charge in [0.1, 0.15) is 24.4 Å². The van der Waals surface area contributed by atoms with Gasteiger partial charge in [-0.05, 0) is 122 Å². The van der Waals surface area contributed by atoms with Crippen molar-refractivity contribution in [1.29, 1.82) is 0 Å². The molecule has 8 nitrogen and oxygen atoms in total. The molecule has 0 aromatic rings. The number of carbonyl (C=O) groups is 1. The van der Waals surface area contributed by atoms with Crippen molar-refractivity contribution in [2.75, 3.05) is 13.2 Å². The molecule has 0 radical (unpaired) electrons. The maximum atomic E-state index is 12.0. The third-order valence-electron chi connectivity index (χ3n) is 15.9. The molecule has 1 unspecified atom stereocenters. The number of aliphatic hydroxyl groups excluding tert-OH is 4. The second-order valence-electron chi connectivity index (χ2n) is 18.0. The van der Waals surface area contributed by atoms with Crippen LogP contribution in [0.1, 0.15) is 113 Å². The second-order valence-corrected chi connectivity index (χ2v) is 18.0. The van der Waals surface area contributed by atoms with E-state index in [4.69, 9.17) is 14.2 Å². The fourth-order valence-corrected chi connectivity index (χ4v) is 13.3. The normalized spacial score (nSPS) is 52.9. The van der Waals surface area contributed by atoms with E-state index in [1.165, 1.54) is 31.3 Å². The van der Waals surface area contributed by atoms with Gasteiger partial charge in [-0.25, -0.2) is 0 Å². The predicted octanol–water partition coefficient (Wildman–Crippen LogP) is 5.39. The van der Waals surface area contributed by atoms with Gasteiger partial charge >= 0.3 is 5.97 Å². The smallest absolute Gasteiger partial charge is 0.302 e. The largest absolute Gasteiger partial charge is 0.465 e. The van der Waals surface area contributed by atoms with Crippen molar-refractivity contribution in [3.8, 4) is 0 Å². The summed E-state index contributed by atoms with van der Waals surface area (Å²) in [4.78, 5) is 12.0. The van der Waals surface area contributed by atoms with E-state index < -0.39 is 37.3 Å². The van der Waals surface area contributed by atoms with Crippen LogP contribution in [0.25, 0.3) is 0 Å². The first-order valence-electron chi connectivity index (χ1n) is 18.2. The number of rotatable bonds is 6. The number of fused-ring (bicyclic) bond motifs is 7. The van der Waals surface area contributed by atoms with Crippen LogP contribution < -0.4 is 0 Å². The number of aliphatic hydroxyl groups is 4. The summed E-state index contributed by atoms with van der Waals surface area (Å²) >= 11 is 0. The van der Waals surface area contributed by atoms with E-state index in [0.717, 1.165) is 38.5 Å². The van der Waals surface area contributed by atoms with Crippen molar-refractivity contribution in [2.24, 2.45) is 56.7 Å². The minimum Gasteiger partial charge on any atom is -0.465 e. The zero-order chi connectivity index (χ0) is 33.6. The van der Waals surface area contributed by atoms with Gasteiger partial charge in [0.2, 0.25) is 0 Å². The summed E-state index contributed by atoms with van der Waals surface area (Å²) in [5.41, 5.74) is 1.67. The highest BCUT2D eigenvalue weighted by Crippen LogP contribution is 2.77. The van der Waals surface area contributed by atoms with Crippen molar-refractivity contribution in [3.05, 3.63) is 12.2 Å². The molecule has 6 aliphatic rings. The molecule has 0 spiro atoms. The molecule has 0 bridgehead atoms. The minimum atomic E-state index is -1.44. The molecular formula is C38H62O8. The first-order valence-corrected chi connectivity index (χ1v) is 18.2. The molecule has 8 heteroatoms. The fraction of sp³-hybridized carbons (Fsp3) is 0.921. The second kappa shape index (κ2) is 11.8. The summed E-state index contributed by atoms with van der Waals surface area (Å²) in [6.45, 7) is 20.7. The maximum absolute atomic E-state index is 12.0. The van der Waals surface area contributed by atoms with E-state index in [2.05, 4.69) is 48.1 Å². The highest BCUT2D eigenvalue weighted by atomic mass is 16.7. The molecule has 5 aliphatic carbocycles. The van der Waals surface area contributed by atoms with Crippen LogP contribution in [0.3, 0.4) is 0 Å². The monoisotopic (exact) mass is 646 g/mol. The van der Waals surface area contributed by atoms with Crippen molar-refractivity contribution in [3.63, 3.8) is 0 Å². The molecule has 1 aliphatic heterocycles. The van der Waals surface area contributed by atoms with Gasteiger partial charge in [-0.3, -0.25) is 4.79 Å². The predicted molar refractivity (Wildman–Crippen MR) is 174 cm³/mol. The number of ether oxygens (including phenoxy) is 3. The van der Waals surface area contributed by atoms with Crippen LogP contribution in [0.4, 0.5) is 0 Å². The van der Waals surface area contributed by atoms with E-state index in [1.807, 2.05) is 0 Å².